The maximum atomic E-state index is 2.74. The lowest BCUT2D eigenvalue weighted by Gasteiger charge is -2.46. The molecule has 308 valence electrons. The summed E-state index contributed by atoms with van der Waals surface area (Å²) in [5, 5.41) is 7.90. The Labute approximate surface area is 381 Å². The molecule has 0 N–H and O–H groups in total. The van der Waals surface area contributed by atoms with Gasteiger partial charge in [-0.2, -0.15) is 0 Å². The fourth-order valence-electron chi connectivity index (χ4n) is 13.7. The van der Waals surface area contributed by atoms with Crippen LogP contribution < -0.4 is 26.2 Å². The van der Waals surface area contributed by atoms with E-state index >= 15 is 0 Å². The van der Waals surface area contributed by atoms with Crippen molar-refractivity contribution < 1.29 is 0 Å². The summed E-state index contributed by atoms with van der Waals surface area (Å²) < 4.78 is 0. The quantitative estimate of drug-likeness (QED) is 0.126. The summed E-state index contributed by atoms with van der Waals surface area (Å²) >= 11 is 0. The SMILES string of the molecule is C1=CC2c3ccccc3-c3ccc(N4c5cccc6c5B(c5ccc7c(c54)CCCC7)c4ccc5c(c4N6c4cccc6c7ccccc7c7ccccc7c46)CCCC5)cc3C2C=C1. The minimum Gasteiger partial charge on any atom is -0.311 e. The molecule has 65 heavy (non-hydrogen) atoms. The first-order valence-electron chi connectivity index (χ1n) is 24.2. The summed E-state index contributed by atoms with van der Waals surface area (Å²) in [6, 6.07) is 59.2. The molecule has 2 heterocycles. The molecule has 6 aliphatic rings. The predicted molar refractivity (Wildman–Crippen MR) is 275 cm³/mol. The first-order valence-corrected chi connectivity index (χ1v) is 24.2. The van der Waals surface area contributed by atoms with Crippen molar-refractivity contribution in [3.8, 4) is 11.1 Å². The van der Waals surface area contributed by atoms with E-state index in [4.69, 9.17) is 0 Å². The Kier molecular flexibility index (Phi) is 7.65. The Morgan fingerprint density at radius 1 is 0.415 bits per heavy atom. The van der Waals surface area contributed by atoms with Crippen LogP contribution >= 0.6 is 0 Å². The topological polar surface area (TPSA) is 6.48 Å². The molecule has 0 aromatic heterocycles. The lowest BCUT2D eigenvalue weighted by Crippen LogP contribution is -2.62. The molecule has 0 amide bonds. The molecule has 0 fully saturated rings. The summed E-state index contributed by atoms with van der Waals surface area (Å²) in [5.74, 6) is 0.626. The molecule has 0 spiro atoms. The largest absolute Gasteiger partial charge is 0.311 e. The zero-order chi connectivity index (χ0) is 42.3. The van der Waals surface area contributed by atoms with Gasteiger partial charge in [0.2, 0.25) is 0 Å². The van der Waals surface area contributed by atoms with Gasteiger partial charge < -0.3 is 9.80 Å². The molecule has 2 atom stereocenters. The van der Waals surface area contributed by atoms with E-state index in [9.17, 15) is 0 Å². The summed E-state index contributed by atoms with van der Waals surface area (Å²) in [4.78, 5) is 5.47. The van der Waals surface area contributed by atoms with Gasteiger partial charge in [-0.15, -0.1) is 0 Å². The van der Waals surface area contributed by atoms with Crippen LogP contribution in [-0.4, -0.2) is 6.71 Å². The third-order valence-electron chi connectivity index (χ3n) is 16.4. The number of benzene rings is 9. The summed E-state index contributed by atoms with van der Waals surface area (Å²) in [6.45, 7) is 0.117. The van der Waals surface area contributed by atoms with Crippen molar-refractivity contribution in [1.82, 2.24) is 0 Å². The second kappa shape index (κ2) is 13.7. The minimum atomic E-state index is 0.117. The van der Waals surface area contributed by atoms with Crippen molar-refractivity contribution in [2.75, 3.05) is 9.80 Å². The summed E-state index contributed by atoms with van der Waals surface area (Å²) in [7, 11) is 0. The zero-order valence-electron chi connectivity index (χ0n) is 36.5. The molecular formula is C62H47BN2. The predicted octanol–water partition coefficient (Wildman–Crippen LogP) is 14.0. The minimum absolute atomic E-state index is 0.117. The molecule has 3 heteroatoms. The number of hydrogen-bond acceptors (Lipinski definition) is 2. The summed E-state index contributed by atoms with van der Waals surface area (Å²) in [6.07, 6.45) is 18.9. The summed E-state index contributed by atoms with van der Waals surface area (Å²) in [5.41, 5.74) is 24.1. The van der Waals surface area contributed by atoms with Crippen molar-refractivity contribution in [2.24, 2.45) is 0 Å². The first kappa shape index (κ1) is 36.3. The number of nitrogens with zero attached hydrogens (tertiary/aromatic N) is 2. The van der Waals surface area contributed by atoms with Gasteiger partial charge in [-0.25, -0.2) is 0 Å². The van der Waals surface area contributed by atoms with Gasteiger partial charge in [-0.3, -0.25) is 0 Å². The first-order chi connectivity index (χ1) is 32.3. The molecule has 2 aliphatic heterocycles. The van der Waals surface area contributed by atoms with Gasteiger partial charge in [0, 0.05) is 45.7 Å². The Bertz CT molecular complexity index is 3570. The van der Waals surface area contributed by atoms with Crippen LogP contribution in [-0.2, 0) is 25.7 Å². The maximum absolute atomic E-state index is 2.74. The van der Waals surface area contributed by atoms with Crippen LogP contribution in [0.15, 0.2) is 176 Å². The Balaban J connectivity index is 1.04. The van der Waals surface area contributed by atoms with Crippen LogP contribution in [0.3, 0.4) is 0 Å². The van der Waals surface area contributed by atoms with E-state index in [2.05, 4.69) is 186 Å². The average molecular weight is 831 g/mol. The molecular weight excluding hydrogens is 784 g/mol. The smallest absolute Gasteiger partial charge is 0.252 e. The zero-order valence-corrected chi connectivity index (χ0v) is 36.5. The van der Waals surface area contributed by atoms with Crippen molar-refractivity contribution in [2.45, 2.75) is 63.2 Å². The second-order valence-corrected chi connectivity index (χ2v) is 19.5. The van der Waals surface area contributed by atoms with Crippen molar-refractivity contribution in [1.29, 1.82) is 0 Å². The Hall–Kier alpha value is -7.10. The highest BCUT2D eigenvalue weighted by Crippen LogP contribution is 2.54. The fourth-order valence-corrected chi connectivity index (χ4v) is 13.7. The van der Waals surface area contributed by atoms with Crippen LogP contribution in [0.2, 0.25) is 0 Å². The van der Waals surface area contributed by atoms with Crippen molar-refractivity contribution in [3.63, 3.8) is 0 Å². The average Bonchev–Trinajstić information content (AvgIpc) is 3.38. The van der Waals surface area contributed by atoms with Crippen LogP contribution in [0, 0.1) is 0 Å². The van der Waals surface area contributed by atoms with Gasteiger partial charge in [0.05, 0.1) is 5.69 Å². The monoisotopic (exact) mass is 830 g/mol. The molecule has 15 rings (SSSR count). The van der Waals surface area contributed by atoms with Gasteiger partial charge in [-0.1, -0.05) is 146 Å². The number of aryl methyl sites for hydroxylation is 2. The molecule has 2 unspecified atom stereocenters. The van der Waals surface area contributed by atoms with E-state index in [1.807, 2.05) is 0 Å². The Morgan fingerprint density at radius 3 is 1.65 bits per heavy atom. The molecule has 0 radical (unpaired) electrons. The molecule has 9 aromatic rings. The standard InChI is InChI=1S/C62H47BN2/c1-3-17-41-38(15-1)31-35-54-61(41)64(40-33-34-50-45-21-6-5-19-43(45)44-20-8-10-25-49(44)53(50)37-40)57-29-14-30-58-60(57)63(54)55-36-32-39-16-2-4-18-42(39)62(55)65(58)56-28-13-27-52-48-23-9-7-22-46(48)47-24-11-12-26-51(47)59(52)56/h5-14,19-37,44,49H,1-4,15-18H2. The van der Waals surface area contributed by atoms with Gasteiger partial charge in [-0.05, 0) is 170 Å². The second-order valence-electron chi connectivity index (χ2n) is 19.5. The van der Waals surface area contributed by atoms with Crippen molar-refractivity contribution in [3.05, 3.63) is 209 Å². The Morgan fingerprint density at radius 2 is 0.938 bits per heavy atom. The molecule has 4 aliphatic carbocycles. The van der Waals surface area contributed by atoms with Crippen molar-refractivity contribution >= 4 is 89.5 Å². The van der Waals surface area contributed by atoms with Gasteiger partial charge in [0.15, 0.2) is 0 Å². The number of rotatable bonds is 2. The maximum Gasteiger partial charge on any atom is 0.252 e. The van der Waals surface area contributed by atoms with Crippen LogP contribution in [0.4, 0.5) is 34.1 Å². The highest BCUT2D eigenvalue weighted by Gasteiger charge is 2.46. The highest BCUT2D eigenvalue weighted by molar-refractivity contribution is 7.00. The van der Waals surface area contributed by atoms with Crippen LogP contribution in [0.5, 0.6) is 0 Å². The normalized spacial score (nSPS) is 18.4. The highest BCUT2D eigenvalue weighted by atomic mass is 15.2. The molecule has 0 saturated carbocycles. The fraction of sp³-hybridized carbons (Fsp3) is 0.161. The molecule has 0 bridgehead atoms. The lowest BCUT2D eigenvalue weighted by atomic mass is 9.33. The van der Waals surface area contributed by atoms with E-state index in [1.165, 1.54) is 142 Å². The number of fused-ring (bicyclic) bond motifs is 20. The molecule has 9 aromatic carbocycles. The van der Waals surface area contributed by atoms with E-state index < -0.39 is 0 Å². The number of anilines is 6. The van der Waals surface area contributed by atoms with Gasteiger partial charge >= 0.3 is 0 Å². The van der Waals surface area contributed by atoms with E-state index in [0.29, 0.717) is 11.8 Å². The number of hydrogen-bond donors (Lipinski definition) is 0. The van der Waals surface area contributed by atoms with E-state index in [1.54, 1.807) is 11.1 Å². The lowest BCUT2D eigenvalue weighted by molar-refractivity contribution is 0.686. The van der Waals surface area contributed by atoms with Gasteiger partial charge in [0.1, 0.15) is 0 Å². The van der Waals surface area contributed by atoms with Gasteiger partial charge in [0.25, 0.3) is 6.71 Å². The molecule has 0 saturated heterocycles. The van der Waals surface area contributed by atoms with E-state index in [0.717, 1.165) is 25.7 Å². The van der Waals surface area contributed by atoms with Crippen LogP contribution in [0.25, 0.3) is 43.4 Å². The number of allylic oxidation sites excluding steroid dienone is 4. The van der Waals surface area contributed by atoms with Crippen LogP contribution in [0.1, 0.15) is 70.9 Å². The third kappa shape index (κ3) is 4.96. The molecule has 2 nitrogen and oxygen atoms in total. The third-order valence-corrected chi connectivity index (χ3v) is 16.4. The van der Waals surface area contributed by atoms with E-state index in [-0.39, 0.29) is 6.71 Å².